The number of hydrogen-bond acceptors (Lipinski definition) is 2. The molecular formula is C11H9F3N2. The van der Waals surface area contributed by atoms with Crippen LogP contribution in [0.3, 0.4) is 0 Å². The van der Waals surface area contributed by atoms with E-state index in [1.54, 1.807) is 13.0 Å². The topological polar surface area (TPSA) is 38.9 Å². The molecule has 0 atom stereocenters. The molecule has 16 heavy (non-hydrogen) atoms. The van der Waals surface area contributed by atoms with Crippen LogP contribution in [0.2, 0.25) is 0 Å². The number of aryl methyl sites for hydroxylation is 1. The Hall–Kier alpha value is -1.78. The largest absolute Gasteiger partial charge is 0.418 e. The van der Waals surface area contributed by atoms with Gasteiger partial charge in [-0.1, -0.05) is 12.1 Å². The molecule has 2 nitrogen and oxygen atoms in total. The van der Waals surface area contributed by atoms with Crippen LogP contribution in [0.15, 0.2) is 24.4 Å². The van der Waals surface area contributed by atoms with Crippen molar-refractivity contribution in [1.82, 2.24) is 4.98 Å². The first kappa shape index (κ1) is 10.7. The number of rotatable bonds is 0. The molecule has 0 unspecified atom stereocenters. The Kier molecular flexibility index (Phi) is 2.26. The first-order chi connectivity index (χ1) is 7.41. The highest BCUT2D eigenvalue weighted by molar-refractivity contribution is 5.88. The molecule has 0 bridgehead atoms. The zero-order valence-corrected chi connectivity index (χ0v) is 8.47. The smallest absolute Gasteiger partial charge is 0.397 e. The second kappa shape index (κ2) is 3.37. The Morgan fingerprint density at radius 3 is 2.56 bits per heavy atom. The monoisotopic (exact) mass is 226 g/mol. The third kappa shape index (κ3) is 1.58. The van der Waals surface area contributed by atoms with Crippen LogP contribution in [-0.4, -0.2) is 4.98 Å². The minimum absolute atomic E-state index is 0.0540. The van der Waals surface area contributed by atoms with Gasteiger partial charge in [-0.25, -0.2) is 0 Å². The summed E-state index contributed by atoms with van der Waals surface area (Å²) in [5.74, 6) is 0. The predicted molar refractivity (Wildman–Crippen MR) is 55.9 cm³/mol. The van der Waals surface area contributed by atoms with Gasteiger partial charge in [-0.15, -0.1) is 0 Å². The zero-order chi connectivity index (χ0) is 11.9. The first-order valence-electron chi connectivity index (χ1n) is 4.62. The van der Waals surface area contributed by atoms with Crippen molar-refractivity contribution in [3.8, 4) is 0 Å². The van der Waals surface area contributed by atoms with E-state index in [1.165, 1.54) is 12.3 Å². The number of para-hydroxylation sites is 1. The van der Waals surface area contributed by atoms with Crippen LogP contribution in [0, 0.1) is 6.92 Å². The number of nitrogen functional groups attached to an aromatic ring is 1. The van der Waals surface area contributed by atoms with E-state index in [0.717, 1.165) is 6.07 Å². The summed E-state index contributed by atoms with van der Waals surface area (Å²) in [5, 5.41) is 0.440. The molecule has 2 aromatic rings. The van der Waals surface area contributed by atoms with E-state index < -0.39 is 11.7 Å². The summed E-state index contributed by atoms with van der Waals surface area (Å²) in [6.45, 7) is 1.68. The van der Waals surface area contributed by atoms with Gasteiger partial charge in [-0.3, -0.25) is 4.98 Å². The van der Waals surface area contributed by atoms with Crippen molar-refractivity contribution in [2.24, 2.45) is 0 Å². The minimum Gasteiger partial charge on any atom is -0.397 e. The Morgan fingerprint density at radius 2 is 1.94 bits per heavy atom. The number of anilines is 1. The van der Waals surface area contributed by atoms with E-state index in [0.29, 0.717) is 16.6 Å². The van der Waals surface area contributed by atoms with Crippen molar-refractivity contribution in [2.75, 3.05) is 5.73 Å². The Morgan fingerprint density at radius 1 is 1.25 bits per heavy atom. The van der Waals surface area contributed by atoms with Gasteiger partial charge >= 0.3 is 6.18 Å². The maximum Gasteiger partial charge on any atom is 0.418 e. The van der Waals surface area contributed by atoms with Gasteiger partial charge in [0.25, 0.3) is 0 Å². The van der Waals surface area contributed by atoms with Crippen LogP contribution in [0.1, 0.15) is 11.1 Å². The highest BCUT2D eigenvalue weighted by atomic mass is 19.4. The van der Waals surface area contributed by atoms with E-state index in [-0.39, 0.29) is 5.52 Å². The molecule has 0 fully saturated rings. The molecule has 1 aromatic carbocycles. The molecule has 0 radical (unpaired) electrons. The third-order valence-electron chi connectivity index (χ3n) is 2.51. The van der Waals surface area contributed by atoms with Crippen LogP contribution < -0.4 is 5.73 Å². The molecule has 1 heterocycles. The molecule has 0 aliphatic heterocycles. The lowest BCUT2D eigenvalue weighted by Crippen LogP contribution is -2.07. The van der Waals surface area contributed by atoms with Gasteiger partial charge in [0.1, 0.15) is 0 Å². The molecule has 0 spiro atoms. The average Bonchev–Trinajstić information content (AvgIpc) is 2.21. The Balaban J connectivity index is 2.85. The van der Waals surface area contributed by atoms with E-state index in [4.69, 9.17) is 5.73 Å². The normalized spacial score (nSPS) is 12.0. The maximum absolute atomic E-state index is 12.7. The van der Waals surface area contributed by atoms with E-state index in [1.807, 2.05) is 0 Å². The summed E-state index contributed by atoms with van der Waals surface area (Å²) < 4.78 is 38.0. The lowest BCUT2D eigenvalue weighted by molar-refractivity contribution is -0.136. The van der Waals surface area contributed by atoms with Crippen LogP contribution in [0.4, 0.5) is 18.9 Å². The lowest BCUT2D eigenvalue weighted by atomic mass is 10.0. The molecule has 2 N–H and O–H groups in total. The quantitative estimate of drug-likeness (QED) is 0.749. The molecule has 0 aliphatic carbocycles. The molecule has 84 valence electrons. The van der Waals surface area contributed by atoms with Crippen LogP contribution in [-0.2, 0) is 6.18 Å². The van der Waals surface area contributed by atoms with Gasteiger partial charge in [-0.2, -0.15) is 13.2 Å². The van der Waals surface area contributed by atoms with Crippen molar-refractivity contribution < 1.29 is 13.2 Å². The van der Waals surface area contributed by atoms with Crippen molar-refractivity contribution in [1.29, 1.82) is 0 Å². The van der Waals surface area contributed by atoms with Crippen LogP contribution in [0.25, 0.3) is 10.9 Å². The second-order valence-electron chi connectivity index (χ2n) is 3.54. The summed E-state index contributed by atoms with van der Waals surface area (Å²) in [6.07, 6.45) is -3.14. The molecule has 0 saturated heterocycles. The fourth-order valence-electron chi connectivity index (χ4n) is 1.60. The number of alkyl halides is 3. The van der Waals surface area contributed by atoms with Crippen molar-refractivity contribution >= 4 is 16.6 Å². The number of fused-ring (bicyclic) bond motifs is 1. The Bertz CT molecular complexity index is 547. The zero-order valence-electron chi connectivity index (χ0n) is 8.47. The summed E-state index contributed by atoms with van der Waals surface area (Å²) in [6, 6.07) is 3.97. The van der Waals surface area contributed by atoms with Gasteiger partial charge in [0.15, 0.2) is 0 Å². The fourth-order valence-corrected chi connectivity index (χ4v) is 1.60. The summed E-state index contributed by atoms with van der Waals surface area (Å²) in [7, 11) is 0. The molecule has 2 rings (SSSR count). The standard InChI is InChI=1S/C11H9F3N2/c1-6-7-3-2-4-8(11(12,13)14)10(7)16-5-9(6)15/h2-5H,15H2,1H3. The summed E-state index contributed by atoms with van der Waals surface area (Å²) in [5.41, 5.74) is 5.84. The van der Waals surface area contributed by atoms with E-state index in [2.05, 4.69) is 4.98 Å². The summed E-state index contributed by atoms with van der Waals surface area (Å²) >= 11 is 0. The number of benzene rings is 1. The van der Waals surface area contributed by atoms with Gasteiger partial charge in [0, 0.05) is 5.39 Å². The minimum atomic E-state index is -4.39. The summed E-state index contributed by atoms with van der Waals surface area (Å²) in [4.78, 5) is 3.76. The van der Waals surface area contributed by atoms with Gasteiger partial charge in [-0.05, 0) is 18.6 Å². The van der Waals surface area contributed by atoms with Gasteiger partial charge in [0.2, 0.25) is 0 Å². The predicted octanol–water partition coefficient (Wildman–Crippen LogP) is 3.14. The number of nitrogens with two attached hydrogens (primary N) is 1. The number of pyridine rings is 1. The fraction of sp³-hybridized carbons (Fsp3) is 0.182. The van der Waals surface area contributed by atoms with Crippen LogP contribution in [0.5, 0.6) is 0 Å². The number of nitrogens with zero attached hydrogens (tertiary/aromatic N) is 1. The molecule has 1 aromatic heterocycles. The molecule has 0 saturated carbocycles. The molecule has 0 aliphatic rings. The highest BCUT2D eigenvalue weighted by Crippen LogP contribution is 2.35. The van der Waals surface area contributed by atoms with Crippen molar-refractivity contribution in [3.05, 3.63) is 35.5 Å². The van der Waals surface area contributed by atoms with Crippen molar-refractivity contribution in [2.45, 2.75) is 13.1 Å². The molecule has 5 heteroatoms. The van der Waals surface area contributed by atoms with Gasteiger partial charge < -0.3 is 5.73 Å². The maximum atomic E-state index is 12.7. The third-order valence-corrected chi connectivity index (χ3v) is 2.51. The number of halogens is 3. The SMILES string of the molecule is Cc1c(N)cnc2c(C(F)(F)F)cccc12. The first-order valence-corrected chi connectivity index (χ1v) is 4.62. The van der Waals surface area contributed by atoms with Crippen molar-refractivity contribution in [3.63, 3.8) is 0 Å². The van der Waals surface area contributed by atoms with E-state index in [9.17, 15) is 13.2 Å². The lowest BCUT2D eigenvalue weighted by Gasteiger charge is -2.11. The highest BCUT2D eigenvalue weighted by Gasteiger charge is 2.33. The number of aromatic nitrogens is 1. The second-order valence-corrected chi connectivity index (χ2v) is 3.54. The average molecular weight is 226 g/mol. The van der Waals surface area contributed by atoms with E-state index >= 15 is 0 Å². The Labute approximate surface area is 89.9 Å². The molecule has 0 amide bonds. The molecular weight excluding hydrogens is 217 g/mol. The van der Waals surface area contributed by atoms with Crippen LogP contribution >= 0.6 is 0 Å². The number of hydrogen-bond donors (Lipinski definition) is 1. The van der Waals surface area contributed by atoms with Gasteiger partial charge in [0.05, 0.1) is 23.0 Å².